The van der Waals surface area contributed by atoms with Crippen LogP contribution >= 0.6 is 43.2 Å². The van der Waals surface area contributed by atoms with Gasteiger partial charge in [-0.25, -0.2) is 0 Å². The van der Waals surface area contributed by atoms with Crippen LogP contribution in [0.4, 0.5) is 0 Å². The van der Waals surface area contributed by atoms with Crippen molar-refractivity contribution in [1.29, 1.82) is 0 Å². The second-order valence-corrected chi connectivity index (χ2v) is 7.67. The quantitative estimate of drug-likeness (QED) is 0.320. The summed E-state index contributed by atoms with van der Waals surface area (Å²) in [5.41, 5.74) is 0. The predicted molar refractivity (Wildman–Crippen MR) is 101 cm³/mol. The van der Waals surface area contributed by atoms with E-state index in [1.807, 2.05) is 30.3 Å². The minimum Gasteiger partial charge on any atom is -0.454 e. The van der Waals surface area contributed by atoms with E-state index in [1.165, 1.54) is 20.2 Å². The molecular weight excluding hydrogens is 424 g/mol. The molecule has 0 N–H and O–H groups in total. The highest BCUT2D eigenvalue weighted by atomic mass is 79.9. The lowest BCUT2D eigenvalue weighted by atomic mass is 10.1. The second kappa shape index (κ2) is 5.69. The van der Waals surface area contributed by atoms with E-state index in [0.717, 1.165) is 20.4 Å². The van der Waals surface area contributed by atoms with Crippen LogP contribution in [0.5, 0.6) is 11.5 Å². The lowest BCUT2D eigenvalue weighted by Crippen LogP contribution is -1.87. The molecule has 4 aromatic rings. The van der Waals surface area contributed by atoms with E-state index >= 15 is 0 Å². The number of para-hydroxylation sites is 1. The Labute approximate surface area is 148 Å². The summed E-state index contributed by atoms with van der Waals surface area (Å²) in [6, 6.07) is 20.6. The van der Waals surface area contributed by atoms with Crippen molar-refractivity contribution in [2.45, 2.75) is 0 Å². The van der Waals surface area contributed by atoms with Crippen molar-refractivity contribution in [2.75, 3.05) is 0 Å². The number of fused-ring (bicyclic) bond motifs is 3. The fourth-order valence-corrected chi connectivity index (χ4v) is 4.80. The number of rotatable bonds is 2. The molecule has 0 atom stereocenters. The molecule has 0 aliphatic rings. The molecule has 0 spiro atoms. The fraction of sp³-hybridized carbons (Fsp3) is 0. The third-order valence-corrected chi connectivity index (χ3v) is 5.88. The van der Waals surface area contributed by atoms with Crippen LogP contribution in [0.2, 0.25) is 0 Å². The van der Waals surface area contributed by atoms with Crippen molar-refractivity contribution < 1.29 is 4.74 Å². The third kappa shape index (κ3) is 2.35. The number of hydrogen-bond donors (Lipinski definition) is 0. The third-order valence-electron chi connectivity index (χ3n) is 3.50. The zero-order valence-electron chi connectivity index (χ0n) is 11.3. The smallest absolute Gasteiger partial charge is 0.155 e. The van der Waals surface area contributed by atoms with Crippen molar-refractivity contribution in [3.63, 3.8) is 0 Å². The van der Waals surface area contributed by atoms with Gasteiger partial charge in [0.15, 0.2) is 5.75 Å². The zero-order valence-corrected chi connectivity index (χ0v) is 15.3. The number of halogens is 2. The molecule has 0 aliphatic heterocycles. The second-order valence-electron chi connectivity index (χ2n) is 4.88. The Morgan fingerprint density at radius 2 is 1.41 bits per heavy atom. The molecule has 0 unspecified atom stereocenters. The lowest BCUT2D eigenvalue weighted by molar-refractivity contribution is 0.482. The molecular formula is C18H10Br2OS. The predicted octanol–water partition coefficient (Wildman–Crippen LogP) is 7.37. The van der Waals surface area contributed by atoms with Crippen LogP contribution in [0.3, 0.4) is 0 Å². The molecule has 4 heteroatoms. The van der Waals surface area contributed by atoms with Crippen LogP contribution in [0, 0.1) is 0 Å². The van der Waals surface area contributed by atoms with Gasteiger partial charge < -0.3 is 4.74 Å². The molecule has 0 amide bonds. The van der Waals surface area contributed by atoms with E-state index in [0.29, 0.717) is 0 Å². The van der Waals surface area contributed by atoms with E-state index in [-0.39, 0.29) is 0 Å². The van der Waals surface area contributed by atoms with E-state index in [9.17, 15) is 0 Å². The average Bonchev–Trinajstić information content (AvgIpc) is 2.90. The monoisotopic (exact) mass is 432 g/mol. The zero-order chi connectivity index (χ0) is 15.1. The van der Waals surface area contributed by atoms with Crippen molar-refractivity contribution in [2.24, 2.45) is 0 Å². The van der Waals surface area contributed by atoms with Crippen LogP contribution in [-0.4, -0.2) is 0 Å². The molecule has 22 heavy (non-hydrogen) atoms. The van der Waals surface area contributed by atoms with E-state index in [2.05, 4.69) is 62.2 Å². The lowest BCUT2D eigenvalue weighted by Gasteiger charge is -2.11. The van der Waals surface area contributed by atoms with Gasteiger partial charge in [0.25, 0.3) is 0 Å². The highest BCUT2D eigenvalue weighted by molar-refractivity contribution is 9.11. The molecule has 0 saturated carbocycles. The van der Waals surface area contributed by atoms with Gasteiger partial charge in [0.2, 0.25) is 0 Å². The Balaban J connectivity index is 1.95. The Kier molecular flexibility index (Phi) is 3.68. The standard InChI is InChI=1S/C18H10Br2OS/c19-12-6-3-7-13(20)18(12)21-14-8-4-10-16-17(14)11-5-1-2-9-15(11)22-16/h1-10H. The Bertz CT molecular complexity index is 971. The molecule has 3 aromatic carbocycles. The summed E-state index contributed by atoms with van der Waals surface area (Å²) in [7, 11) is 0. The van der Waals surface area contributed by atoms with Crippen LogP contribution in [0.15, 0.2) is 69.6 Å². The van der Waals surface area contributed by atoms with Crippen LogP contribution in [0.25, 0.3) is 20.2 Å². The summed E-state index contributed by atoms with van der Waals surface area (Å²) in [6.45, 7) is 0. The van der Waals surface area contributed by atoms with Gasteiger partial charge in [0.1, 0.15) is 5.75 Å². The molecule has 0 aliphatic carbocycles. The highest BCUT2D eigenvalue weighted by Crippen LogP contribution is 2.43. The Morgan fingerprint density at radius 1 is 0.727 bits per heavy atom. The summed E-state index contributed by atoms with van der Waals surface area (Å²) in [6.07, 6.45) is 0. The number of benzene rings is 3. The summed E-state index contributed by atoms with van der Waals surface area (Å²) < 4.78 is 10.6. The van der Waals surface area contributed by atoms with Crippen LogP contribution in [0.1, 0.15) is 0 Å². The van der Waals surface area contributed by atoms with Gasteiger partial charge in [-0.3, -0.25) is 0 Å². The van der Waals surface area contributed by atoms with Gasteiger partial charge in [0.05, 0.1) is 8.95 Å². The first-order valence-electron chi connectivity index (χ1n) is 6.76. The van der Waals surface area contributed by atoms with Gasteiger partial charge in [-0.2, -0.15) is 0 Å². The molecule has 4 rings (SSSR count). The first-order chi connectivity index (χ1) is 10.7. The molecule has 108 valence electrons. The minimum absolute atomic E-state index is 0.797. The number of ether oxygens (including phenoxy) is 1. The molecule has 0 radical (unpaired) electrons. The highest BCUT2D eigenvalue weighted by Gasteiger charge is 2.13. The van der Waals surface area contributed by atoms with Crippen molar-refractivity contribution in [3.05, 3.63) is 69.6 Å². The summed E-state index contributed by atoms with van der Waals surface area (Å²) in [4.78, 5) is 0. The first kappa shape index (κ1) is 14.2. The molecule has 0 fully saturated rings. The molecule has 0 bridgehead atoms. The van der Waals surface area contributed by atoms with Gasteiger partial charge >= 0.3 is 0 Å². The molecule has 1 aromatic heterocycles. The summed E-state index contributed by atoms with van der Waals surface area (Å²) in [5.74, 6) is 1.67. The molecule has 1 heterocycles. The van der Waals surface area contributed by atoms with Crippen LogP contribution in [-0.2, 0) is 0 Å². The van der Waals surface area contributed by atoms with Gasteiger partial charge in [0, 0.05) is 20.2 Å². The Morgan fingerprint density at radius 3 is 2.23 bits per heavy atom. The minimum atomic E-state index is 0.797. The maximum absolute atomic E-state index is 6.23. The topological polar surface area (TPSA) is 9.23 Å². The normalized spacial score (nSPS) is 11.2. The summed E-state index contributed by atoms with van der Waals surface area (Å²) >= 11 is 8.90. The molecule has 1 nitrogen and oxygen atoms in total. The van der Waals surface area contributed by atoms with Crippen molar-refractivity contribution >= 4 is 63.4 Å². The fourth-order valence-electron chi connectivity index (χ4n) is 2.52. The summed E-state index contributed by atoms with van der Waals surface area (Å²) in [5, 5.41) is 2.41. The van der Waals surface area contributed by atoms with Crippen molar-refractivity contribution in [3.8, 4) is 11.5 Å². The Hall–Kier alpha value is -1.36. The number of thiophene rings is 1. The largest absolute Gasteiger partial charge is 0.454 e. The van der Waals surface area contributed by atoms with Gasteiger partial charge in [-0.05, 0) is 62.2 Å². The first-order valence-corrected chi connectivity index (χ1v) is 9.16. The maximum Gasteiger partial charge on any atom is 0.155 e. The van der Waals surface area contributed by atoms with E-state index < -0.39 is 0 Å². The van der Waals surface area contributed by atoms with Crippen molar-refractivity contribution in [1.82, 2.24) is 0 Å². The SMILES string of the molecule is Brc1cccc(Br)c1Oc1cccc2sc3ccccc3c12. The molecule has 0 saturated heterocycles. The van der Waals surface area contributed by atoms with Gasteiger partial charge in [-0.15, -0.1) is 11.3 Å². The number of hydrogen-bond acceptors (Lipinski definition) is 2. The van der Waals surface area contributed by atoms with E-state index in [4.69, 9.17) is 4.74 Å². The maximum atomic E-state index is 6.23. The van der Waals surface area contributed by atoms with E-state index in [1.54, 1.807) is 11.3 Å². The average molecular weight is 434 g/mol. The van der Waals surface area contributed by atoms with Crippen LogP contribution < -0.4 is 4.74 Å². The van der Waals surface area contributed by atoms with Gasteiger partial charge in [-0.1, -0.05) is 30.3 Å².